The molecule has 8 heteroatoms. The number of hydrogen-bond acceptors (Lipinski definition) is 4. The summed E-state index contributed by atoms with van der Waals surface area (Å²) in [4.78, 5) is 4.44. The number of sulfonamides is 1. The van der Waals surface area contributed by atoms with Crippen molar-refractivity contribution in [1.82, 2.24) is 14.8 Å². The normalized spacial score (nSPS) is 14.6. The molecule has 1 aliphatic carbocycles. The molecule has 4 rings (SSSR count). The number of benzene rings is 2. The smallest absolute Gasteiger partial charge is 0.225 e. The van der Waals surface area contributed by atoms with Gasteiger partial charge in [0, 0.05) is 11.5 Å². The van der Waals surface area contributed by atoms with Gasteiger partial charge in [0.2, 0.25) is 10.0 Å². The molecule has 2 aromatic carbocycles. The fraction of sp³-hybridized carbons (Fsp3) is 0.222. The van der Waals surface area contributed by atoms with Crippen LogP contribution in [0.25, 0.3) is 17.1 Å². The molecular weight excluding hydrogens is 355 g/mol. The first-order valence-electron chi connectivity index (χ1n) is 8.20. The van der Waals surface area contributed by atoms with E-state index in [0.29, 0.717) is 11.6 Å². The molecule has 26 heavy (non-hydrogen) atoms. The zero-order chi connectivity index (χ0) is 18.5. The molecule has 0 radical (unpaired) electrons. The van der Waals surface area contributed by atoms with Gasteiger partial charge in [-0.05, 0) is 43.5 Å². The Labute approximate surface area is 150 Å². The van der Waals surface area contributed by atoms with Crippen LogP contribution in [0.15, 0.2) is 47.4 Å². The van der Waals surface area contributed by atoms with Crippen molar-refractivity contribution in [2.75, 3.05) is 0 Å². The molecule has 1 saturated carbocycles. The zero-order valence-electron chi connectivity index (χ0n) is 14.1. The molecule has 0 amide bonds. The maximum atomic E-state index is 14.5. The molecule has 3 aromatic rings. The van der Waals surface area contributed by atoms with Crippen LogP contribution in [0.5, 0.6) is 0 Å². The number of hydrogen-bond donors (Lipinski definition) is 1. The second kappa shape index (κ2) is 6.00. The van der Waals surface area contributed by atoms with Gasteiger partial charge in [-0.2, -0.15) is 5.10 Å². The molecule has 1 aromatic heterocycles. The van der Waals surface area contributed by atoms with Crippen molar-refractivity contribution in [2.45, 2.75) is 30.6 Å². The van der Waals surface area contributed by atoms with Crippen LogP contribution in [0, 0.1) is 12.7 Å². The van der Waals surface area contributed by atoms with Gasteiger partial charge in [0.05, 0.1) is 4.90 Å². The predicted octanol–water partition coefficient (Wildman–Crippen LogP) is 2.91. The molecule has 1 heterocycles. The average molecular weight is 372 g/mol. The van der Waals surface area contributed by atoms with E-state index in [-0.39, 0.29) is 16.5 Å². The molecule has 0 atom stereocenters. The van der Waals surface area contributed by atoms with Gasteiger partial charge in [-0.1, -0.05) is 24.3 Å². The Bertz CT molecular complexity index is 1100. The van der Waals surface area contributed by atoms with Gasteiger partial charge in [-0.15, -0.1) is 0 Å². The molecule has 6 nitrogen and oxygen atoms in total. The number of nitrogens with zero attached hydrogens (tertiary/aromatic N) is 3. The summed E-state index contributed by atoms with van der Waals surface area (Å²) in [7, 11) is -3.96. The fourth-order valence-electron chi connectivity index (χ4n) is 2.84. The summed E-state index contributed by atoms with van der Waals surface area (Å²) < 4.78 is 39.3. The Morgan fingerprint density at radius 3 is 2.58 bits per heavy atom. The van der Waals surface area contributed by atoms with Crippen LogP contribution >= 0.6 is 0 Å². The number of rotatable bonds is 4. The third-order valence-corrected chi connectivity index (χ3v) is 5.34. The Morgan fingerprint density at radius 2 is 1.92 bits per heavy atom. The van der Waals surface area contributed by atoms with Crippen LogP contribution in [0.3, 0.4) is 0 Å². The first-order chi connectivity index (χ1) is 12.3. The van der Waals surface area contributed by atoms with Gasteiger partial charge >= 0.3 is 0 Å². The number of aromatic nitrogens is 3. The summed E-state index contributed by atoms with van der Waals surface area (Å²) >= 11 is 0. The maximum absolute atomic E-state index is 14.5. The lowest BCUT2D eigenvalue weighted by molar-refractivity contribution is 0.594. The van der Waals surface area contributed by atoms with Gasteiger partial charge in [-0.3, -0.25) is 0 Å². The molecular formula is C18H17FN4O2S. The number of primary sulfonamides is 1. The van der Waals surface area contributed by atoms with E-state index in [1.807, 2.05) is 31.2 Å². The Balaban J connectivity index is 1.96. The van der Waals surface area contributed by atoms with E-state index >= 15 is 0 Å². The fourth-order valence-corrected chi connectivity index (χ4v) is 3.37. The second-order valence-corrected chi connectivity index (χ2v) is 8.01. The van der Waals surface area contributed by atoms with Gasteiger partial charge < -0.3 is 0 Å². The minimum atomic E-state index is -3.96. The quantitative estimate of drug-likeness (QED) is 0.762. The lowest BCUT2D eigenvalue weighted by atomic mass is 10.1. The van der Waals surface area contributed by atoms with Crippen molar-refractivity contribution in [1.29, 1.82) is 0 Å². The van der Waals surface area contributed by atoms with E-state index in [1.54, 1.807) is 0 Å². The van der Waals surface area contributed by atoms with Crippen molar-refractivity contribution in [3.8, 4) is 17.1 Å². The summed E-state index contributed by atoms with van der Waals surface area (Å²) in [6.45, 7) is 1.93. The minimum absolute atomic E-state index is 0.00850. The topological polar surface area (TPSA) is 90.9 Å². The highest BCUT2D eigenvalue weighted by Crippen LogP contribution is 2.39. The summed E-state index contributed by atoms with van der Waals surface area (Å²) in [5, 5.41) is 9.67. The van der Waals surface area contributed by atoms with Crippen molar-refractivity contribution < 1.29 is 12.8 Å². The monoisotopic (exact) mass is 372 g/mol. The summed E-state index contributed by atoms with van der Waals surface area (Å²) in [6, 6.07) is 11.0. The Kier molecular flexibility index (Phi) is 3.89. The lowest BCUT2D eigenvalue weighted by Crippen LogP contribution is -2.13. The van der Waals surface area contributed by atoms with E-state index in [4.69, 9.17) is 5.14 Å². The van der Waals surface area contributed by atoms with E-state index in [1.165, 1.54) is 10.7 Å². The molecule has 1 fully saturated rings. The van der Waals surface area contributed by atoms with Crippen LogP contribution in [-0.2, 0) is 10.0 Å². The Morgan fingerprint density at radius 1 is 1.19 bits per heavy atom. The molecule has 0 bridgehead atoms. The van der Waals surface area contributed by atoms with Crippen LogP contribution in [0.4, 0.5) is 4.39 Å². The van der Waals surface area contributed by atoms with Crippen LogP contribution in [-0.4, -0.2) is 23.2 Å². The third kappa shape index (κ3) is 3.02. The first kappa shape index (κ1) is 16.9. The zero-order valence-corrected chi connectivity index (χ0v) is 14.9. The van der Waals surface area contributed by atoms with Crippen molar-refractivity contribution in [2.24, 2.45) is 5.14 Å². The highest BCUT2D eigenvalue weighted by Gasteiger charge is 2.30. The standard InChI is InChI=1S/C18H17FN4O2S/c1-11-4-2-3-5-14(11)18-21-17(12-6-7-12)22-23(18)16-10-13(26(20,24)25)8-9-15(16)19/h2-5,8-10,12H,6-7H2,1H3,(H2,20,24,25). The highest BCUT2D eigenvalue weighted by molar-refractivity contribution is 7.89. The molecule has 0 saturated heterocycles. The number of halogens is 1. The van der Waals surface area contributed by atoms with E-state index < -0.39 is 15.8 Å². The first-order valence-corrected chi connectivity index (χ1v) is 9.75. The molecule has 134 valence electrons. The highest BCUT2D eigenvalue weighted by atomic mass is 32.2. The van der Waals surface area contributed by atoms with E-state index in [2.05, 4.69) is 10.1 Å². The molecule has 0 unspecified atom stereocenters. The SMILES string of the molecule is Cc1ccccc1-c1nc(C2CC2)nn1-c1cc(S(N)(=O)=O)ccc1F. The second-order valence-electron chi connectivity index (χ2n) is 6.45. The number of nitrogens with two attached hydrogens (primary N) is 1. The maximum Gasteiger partial charge on any atom is 0.238 e. The van der Waals surface area contributed by atoms with Crippen molar-refractivity contribution in [3.63, 3.8) is 0 Å². The number of aryl methyl sites for hydroxylation is 1. The lowest BCUT2D eigenvalue weighted by Gasteiger charge is -2.10. The van der Waals surface area contributed by atoms with Gasteiger partial charge in [0.15, 0.2) is 11.6 Å². The summed E-state index contributed by atoms with van der Waals surface area (Å²) in [5.74, 6) is 0.794. The summed E-state index contributed by atoms with van der Waals surface area (Å²) in [5.41, 5.74) is 1.79. The molecule has 2 N–H and O–H groups in total. The van der Waals surface area contributed by atoms with Gasteiger partial charge in [-0.25, -0.2) is 27.6 Å². The van der Waals surface area contributed by atoms with Crippen molar-refractivity contribution in [3.05, 3.63) is 59.7 Å². The van der Waals surface area contributed by atoms with Gasteiger partial charge in [0.1, 0.15) is 11.5 Å². The predicted molar refractivity (Wildman–Crippen MR) is 94.8 cm³/mol. The van der Waals surface area contributed by atoms with Crippen LogP contribution in [0.2, 0.25) is 0 Å². The average Bonchev–Trinajstić information content (AvgIpc) is 3.35. The largest absolute Gasteiger partial charge is 0.238 e. The molecule has 0 spiro atoms. The molecule has 1 aliphatic rings. The third-order valence-electron chi connectivity index (χ3n) is 4.43. The van der Waals surface area contributed by atoms with Crippen LogP contribution < -0.4 is 5.14 Å². The van der Waals surface area contributed by atoms with E-state index in [0.717, 1.165) is 36.1 Å². The molecule has 0 aliphatic heterocycles. The van der Waals surface area contributed by atoms with E-state index in [9.17, 15) is 12.8 Å². The summed E-state index contributed by atoms with van der Waals surface area (Å²) in [6.07, 6.45) is 1.99. The van der Waals surface area contributed by atoms with Crippen LogP contribution in [0.1, 0.15) is 30.1 Å². The Hall–Kier alpha value is -2.58. The van der Waals surface area contributed by atoms with Gasteiger partial charge in [0.25, 0.3) is 0 Å². The van der Waals surface area contributed by atoms with Crippen molar-refractivity contribution >= 4 is 10.0 Å². The minimum Gasteiger partial charge on any atom is -0.225 e.